The lowest BCUT2D eigenvalue weighted by Gasteiger charge is -2.25. The van der Waals surface area contributed by atoms with Gasteiger partial charge in [0.05, 0.1) is 6.10 Å². The van der Waals surface area contributed by atoms with Gasteiger partial charge in [-0.15, -0.1) is 0 Å². The molecule has 1 heteroatoms. The predicted octanol–water partition coefficient (Wildman–Crippen LogP) is 2.21. The van der Waals surface area contributed by atoms with Gasteiger partial charge >= 0.3 is 0 Å². The molecule has 0 spiro atoms. The van der Waals surface area contributed by atoms with Crippen LogP contribution in [0.15, 0.2) is 0 Å². The van der Waals surface area contributed by atoms with Crippen molar-refractivity contribution in [2.24, 2.45) is 11.8 Å². The molecule has 0 N–H and O–H groups in total. The van der Waals surface area contributed by atoms with Crippen molar-refractivity contribution in [3.63, 3.8) is 0 Å². The van der Waals surface area contributed by atoms with Crippen molar-refractivity contribution in [1.82, 2.24) is 0 Å². The second-order valence-corrected chi connectivity index (χ2v) is 3.89. The zero-order valence-electron chi connectivity index (χ0n) is 6.68. The van der Waals surface area contributed by atoms with Crippen LogP contribution in [0, 0.1) is 11.8 Å². The van der Waals surface area contributed by atoms with Crippen LogP contribution < -0.4 is 0 Å². The lowest BCUT2D eigenvalue weighted by Crippen LogP contribution is -2.24. The highest BCUT2D eigenvalue weighted by Crippen LogP contribution is 2.38. The quantitative estimate of drug-likeness (QED) is 0.501. The van der Waals surface area contributed by atoms with Crippen LogP contribution in [-0.4, -0.2) is 12.7 Å². The first-order valence-corrected chi connectivity index (χ1v) is 4.48. The summed E-state index contributed by atoms with van der Waals surface area (Å²) in [7, 11) is 0. The Labute approximate surface area is 62.8 Å². The third-order valence-corrected chi connectivity index (χ3v) is 2.92. The number of fused-ring (bicyclic) bond motifs is 1. The normalized spacial score (nSPS) is 47.1. The lowest BCUT2D eigenvalue weighted by molar-refractivity contribution is -0.00979. The molecule has 58 valence electrons. The summed E-state index contributed by atoms with van der Waals surface area (Å²) in [5.41, 5.74) is 0. The van der Waals surface area contributed by atoms with Gasteiger partial charge in [-0.25, -0.2) is 0 Å². The maximum atomic E-state index is 5.67. The molecule has 0 aromatic rings. The van der Waals surface area contributed by atoms with Gasteiger partial charge in [-0.3, -0.25) is 0 Å². The van der Waals surface area contributed by atoms with Crippen molar-refractivity contribution in [1.29, 1.82) is 0 Å². The monoisotopic (exact) mass is 140 g/mol. The summed E-state index contributed by atoms with van der Waals surface area (Å²) in [6, 6.07) is 0. The Morgan fingerprint density at radius 3 is 3.00 bits per heavy atom. The summed E-state index contributed by atoms with van der Waals surface area (Å²) in [6.07, 6.45) is 6.11. The van der Waals surface area contributed by atoms with E-state index in [0.717, 1.165) is 18.4 Å². The van der Waals surface area contributed by atoms with Crippen LogP contribution in [0.1, 0.15) is 32.6 Å². The number of hydrogen-bond donors (Lipinski definition) is 0. The van der Waals surface area contributed by atoms with Crippen molar-refractivity contribution in [2.45, 2.75) is 38.7 Å². The molecule has 3 atom stereocenters. The van der Waals surface area contributed by atoms with E-state index in [2.05, 4.69) is 6.92 Å². The van der Waals surface area contributed by atoms with Gasteiger partial charge in [0.15, 0.2) is 0 Å². The molecule has 0 radical (unpaired) electrons. The Balaban J connectivity index is 1.97. The van der Waals surface area contributed by atoms with Crippen molar-refractivity contribution in [3.8, 4) is 0 Å². The first-order valence-electron chi connectivity index (χ1n) is 4.48. The van der Waals surface area contributed by atoms with Crippen molar-refractivity contribution >= 4 is 0 Å². The molecule has 0 amide bonds. The molecular weight excluding hydrogens is 124 g/mol. The summed E-state index contributed by atoms with van der Waals surface area (Å²) < 4.78 is 5.67. The average molecular weight is 140 g/mol. The summed E-state index contributed by atoms with van der Waals surface area (Å²) in [6.45, 7) is 3.37. The summed E-state index contributed by atoms with van der Waals surface area (Å²) >= 11 is 0. The largest absolute Gasteiger partial charge is 0.378 e. The molecule has 1 saturated heterocycles. The third kappa shape index (κ3) is 1.07. The molecule has 1 saturated carbocycles. The third-order valence-electron chi connectivity index (χ3n) is 2.92. The minimum absolute atomic E-state index is 0.642. The molecule has 2 fully saturated rings. The highest BCUT2D eigenvalue weighted by Gasteiger charge is 2.34. The predicted molar refractivity (Wildman–Crippen MR) is 40.9 cm³/mol. The molecule has 1 aliphatic heterocycles. The van der Waals surface area contributed by atoms with Crippen LogP contribution in [-0.2, 0) is 4.74 Å². The fourth-order valence-corrected chi connectivity index (χ4v) is 2.44. The Bertz CT molecular complexity index is 108. The van der Waals surface area contributed by atoms with E-state index in [1.54, 1.807) is 0 Å². The average Bonchev–Trinajstić information content (AvgIpc) is 2.27. The summed E-state index contributed by atoms with van der Waals surface area (Å²) in [5.74, 6) is 1.84. The number of ether oxygens (including phenoxy) is 1. The maximum Gasteiger partial charge on any atom is 0.0605 e. The van der Waals surface area contributed by atoms with Crippen LogP contribution in [0.25, 0.3) is 0 Å². The topological polar surface area (TPSA) is 9.23 Å². The molecule has 2 aliphatic rings. The van der Waals surface area contributed by atoms with Crippen molar-refractivity contribution in [2.75, 3.05) is 6.61 Å². The number of rotatable bonds is 0. The van der Waals surface area contributed by atoms with Gasteiger partial charge in [0.2, 0.25) is 0 Å². The van der Waals surface area contributed by atoms with E-state index in [-0.39, 0.29) is 0 Å². The molecule has 0 bridgehead atoms. The second-order valence-electron chi connectivity index (χ2n) is 3.89. The van der Waals surface area contributed by atoms with Gasteiger partial charge in [-0.2, -0.15) is 0 Å². The summed E-state index contributed by atoms with van der Waals surface area (Å²) in [4.78, 5) is 0. The SMILES string of the molecule is CC1CC2CCCOC2C1. The van der Waals surface area contributed by atoms with Crippen LogP contribution in [0.2, 0.25) is 0 Å². The Hall–Kier alpha value is -0.0400. The van der Waals surface area contributed by atoms with E-state index in [0.29, 0.717) is 6.10 Å². The van der Waals surface area contributed by atoms with E-state index >= 15 is 0 Å². The maximum absolute atomic E-state index is 5.67. The van der Waals surface area contributed by atoms with E-state index < -0.39 is 0 Å². The Kier molecular flexibility index (Phi) is 1.69. The first-order chi connectivity index (χ1) is 4.86. The molecule has 1 aliphatic carbocycles. The molecule has 1 heterocycles. The molecule has 2 rings (SSSR count). The van der Waals surface area contributed by atoms with Crippen molar-refractivity contribution in [3.05, 3.63) is 0 Å². The van der Waals surface area contributed by atoms with E-state index in [4.69, 9.17) is 4.74 Å². The van der Waals surface area contributed by atoms with Crippen LogP contribution >= 0.6 is 0 Å². The van der Waals surface area contributed by atoms with Gasteiger partial charge in [0.1, 0.15) is 0 Å². The fraction of sp³-hybridized carbons (Fsp3) is 1.00. The standard InChI is InChI=1S/C9H16O/c1-7-5-8-3-2-4-10-9(8)6-7/h7-9H,2-6H2,1H3. The Morgan fingerprint density at radius 2 is 2.20 bits per heavy atom. The van der Waals surface area contributed by atoms with Crippen LogP contribution in [0.5, 0.6) is 0 Å². The minimum atomic E-state index is 0.642. The molecule has 10 heavy (non-hydrogen) atoms. The summed E-state index contributed by atoms with van der Waals surface area (Å²) in [5, 5.41) is 0. The molecule has 1 nitrogen and oxygen atoms in total. The molecule has 0 aromatic carbocycles. The van der Waals surface area contributed by atoms with Gasteiger partial charge < -0.3 is 4.74 Å². The molecule has 3 unspecified atom stereocenters. The zero-order valence-corrected chi connectivity index (χ0v) is 6.68. The fourth-order valence-electron chi connectivity index (χ4n) is 2.44. The zero-order chi connectivity index (χ0) is 6.97. The van der Waals surface area contributed by atoms with Crippen LogP contribution in [0.3, 0.4) is 0 Å². The highest BCUT2D eigenvalue weighted by atomic mass is 16.5. The van der Waals surface area contributed by atoms with Gasteiger partial charge in [0, 0.05) is 6.61 Å². The first kappa shape index (κ1) is 6.66. The molecule has 0 aromatic heterocycles. The van der Waals surface area contributed by atoms with E-state index in [1.807, 2.05) is 0 Å². The highest BCUT2D eigenvalue weighted by molar-refractivity contribution is 4.84. The Morgan fingerprint density at radius 1 is 1.30 bits per heavy atom. The van der Waals surface area contributed by atoms with Gasteiger partial charge in [-0.1, -0.05) is 6.92 Å². The lowest BCUT2D eigenvalue weighted by atomic mass is 9.97. The smallest absolute Gasteiger partial charge is 0.0605 e. The van der Waals surface area contributed by atoms with E-state index in [1.165, 1.54) is 25.7 Å². The van der Waals surface area contributed by atoms with Crippen LogP contribution in [0.4, 0.5) is 0 Å². The second kappa shape index (κ2) is 2.54. The van der Waals surface area contributed by atoms with Gasteiger partial charge in [0.25, 0.3) is 0 Å². The van der Waals surface area contributed by atoms with Gasteiger partial charge in [-0.05, 0) is 37.5 Å². The minimum Gasteiger partial charge on any atom is -0.378 e. The number of hydrogen-bond acceptors (Lipinski definition) is 1. The molecular formula is C9H16O. The van der Waals surface area contributed by atoms with E-state index in [9.17, 15) is 0 Å². The van der Waals surface area contributed by atoms with Crippen molar-refractivity contribution < 1.29 is 4.74 Å².